The first-order valence-corrected chi connectivity index (χ1v) is 8.84. The maximum atomic E-state index is 13.2. The molecule has 0 saturated carbocycles. The molecule has 0 bridgehead atoms. The molecule has 3 aliphatic rings. The van der Waals surface area contributed by atoms with E-state index in [1.807, 2.05) is 0 Å². The number of Topliss-reactive ketones (excluding diaryl/α,β-unsaturated/α-hetero) is 2. The zero-order chi connectivity index (χ0) is 20.5. The van der Waals surface area contributed by atoms with Crippen LogP contribution in [0.3, 0.4) is 0 Å². The van der Waals surface area contributed by atoms with Crippen molar-refractivity contribution in [3.63, 3.8) is 0 Å². The average Bonchev–Trinajstić information content (AvgIpc) is 2.60. The normalized spacial score (nSPS) is 30.8. The van der Waals surface area contributed by atoms with Crippen LogP contribution in [0.2, 0.25) is 0 Å². The standard InChI is InChI=1S/C20H20O8/c1-20(2)14-9(3-7(6-21)15(24)18(14)27)13-16(25)10-4-8(22)5-11(23)12(10)17(26)19(13)28-20/h3-5,9,14-15,18,21-24,27H,6H2,1-2H3/t9?,14?,15-,18-/m1/s1. The van der Waals surface area contributed by atoms with Gasteiger partial charge in [0.05, 0.1) is 23.8 Å². The van der Waals surface area contributed by atoms with E-state index in [1.165, 1.54) is 6.08 Å². The first kappa shape index (κ1) is 18.7. The van der Waals surface area contributed by atoms with Crippen molar-refractivity contribution < 1.29 is 39.9 Å². The third-order valence-corrected chi connectivity index (χ3v) is 5.81. The molecule has 0 amide bonds. The molecule has 8 heteroatoms. The lowest BCUT2D eigenvalue weighted by Gasteiger charge is -2.50. The summed E-state index contributed by atoms with van der Waals surface area (Å²) < 4.78 is 5.83. The summed E-state index contributed by atoms with van der Waals surface area (Å²) in [5.41, 5.74) is -1.42. The molecule has 4 atom stereocenters. The Hall–Kier alpha value is -2.68. The number of ether oxygens (including phenoxy) is 1. The van der Waals surface area contributed by atoms with Crippen molar-refractivity contribution in [2.24, 2.45) is 11.8 Å². The number of aliphatic hydroxyl groups is 3. The minimum atomic E-state index is -1.33. The number of aromatic hydroxyl groups is 2. The SMILES string of the molecule is CC1(C)OC2=C(C(=O)c3cc(O)cc(O)c3C2=O)C2C=C(CO)[C@@H](O)[C@H](O)C21. The van der Waals surface area contributed by atoms with E-state index in [2.05, 4.69) is 0 Å². The van der Waals surface area contributed by atoms with Gasteiger partial charge in [-0.2, -0.15) is 0 Å². The predicted octanol–water partition coefficient (Wildman–Crippen LogP) is 0.426. The topological polar surface area (TPSA) is 145 Å². The number of ketones is 2. The van der Waals surface area contributed by atoms with Crippen LogP contribution in [0.5, 0.6) is 11.5 Å². The predicted molar refractivity (Wildman–Crippen MR) is 94.8 cm³/mol. The van der Waals surface area contributed by atoms with Gasteiger partial charge in [0, 0.05) is 23.5 Å². The van der Waals surface area contributed by atoms with Crippen molar-refractivity contribution in [2.75, 3.05) is 6.61 Å². The lowest BCUT2D eigenvalue weighted by atomic mass is 9.63. The Labute approximate surface area is 160 Å². The van der Waals surface area contributed by atoms with E-state index in [9.17, 15) is 35.1 Å². The Bertz CT molecular complexity index is 971. The van der Waals surface area contributed by atoms with Gasteiger partial charge in [-0.15, -0.1) is 0 Å². The van der Waals surface area contributed by atoms with Gasteiger partial charge < -0.3 is 30.3 Å². The maximum absolute atomic E-state index is 13.2. The summed E-state index contributed by atoms with van der Waals surface area (Å²) >= 11 is 0. The monoisotopic (exact) mass is 388 g/mol. The van der Waals surface area contributed by atoms with Gasteiger partial charge in [-0.1, -0.05) is 6.08 Å². The van der Waals surface area contributed by atoms with Gasteiger partial charge in [-0.25, -0.2) is 0 Å². The quantitative estimate of drug-likeness (QED) is 0.436. The van der Waals surface area contributed by atoms with Gasteiger partial charge >= 0.3 is 0 Å². The molecule has 1 aromatic rings. The highest BCUT2D eigenvalue weighted by Crippen LogP contribution is 2.51. The number of hydrogen-bond donors (Lipinski definition) is 5. The molecular weight excluding hydrogens is 368 g/mol. The third-order valence-electron chi connectivity index (χ3n) is 5.81. The second kappa shape index (κ2) is 5.91. The summed E-state index contributed by atoms with van der Waals surface area (Å²) in [7, 11) is 0. The molecule has 148 valence electrons. The van der Waals surface area contributed by atoms with E-state index >= 15 is 0 Å². The first-order chi connectivity index (χ1) is 13.1. The van der Waals surface area contributed by atoms with Crippen molar-refractivity contribution in [3.05, 3.63) is 46.2 Å². The van der Waals surface area contributed by atoms with E-state index in [4.69, 9.17) is 4.74 Å². The Balaban J connectivity index is 1.98. The largest absolute Gasteiger partial charge is 0.508 e. The van der Waals surface area contributed by atoms with Crippen LogP contribution in [0.4, 0.5) is 0 Å². The Morgan fingerprint density at radius 1 is 1.11 bits per heavy atom. The van der Waals surface area contributed by atoms with E-state index in [0.29, 0.717) is 0 Å². The second-order valence-electron chi connectivity index (χ2n) is 7.88. The fourth-order valence-corrected chi connectivity index (χ4v) is 4.56. The summed E-state index contributed by atoms with van der Waals surface area (Å²) in [6.07, 6.45) is -1.17. The zero-order valence-corrected chi connectivity index (χ0v) is 15.2. The van der Waals surface area contributed by atoms with Crippen LogP contribution in [-0.2, 0) is 4.74 Å². The number of fused-ring (bicyclic) bond motifs is 3. The van der Waals surface area contributed by atoms with Crippen molar-refractivity contribution in [2.45, 2.75) is 31.7 Å². The lowest BCUT2D eigenvalue weighted by Crippen LogP contribution is -2.57. The molecule has 0 fully saturated rings. The molecule has 1 aromatic carbocycles. The number of hydrogen-bond acceptors (Lipinski definition) is 8. The smallest absolute Gasteiger partial charge is 0.232 e. The number of carbonyl (C=O) groups excluding carboxylic acids is 2. The summed E-state index contributed by atoms with van der Waals surface area (Å²) in [4.78, 5) is 26.2. The molecule has 4 rings (SSSR count). The van der Waals surface area contributed by atoms with Crippen molar-refractivity contribution >= 4 is 11.6 Å². The molecule has 8 nitrogen and oxygen atoms in total. The zero-order valence-electron chi connectivity index (χ0n) is 15.2. The van der Waals surface area contributed by atoms with Crippen LogP contribution < -0.4 is 0 Å². The van der Waals surface area contributed by atoms with Crippen LogP contribution in [0.1, 0.15) is 34.6 Å². The average molecular weight is 388 g/mol. The van der Waals surface area contributed by atoms with Gasteiger partial charge in [0.1, 0.15) is 23.2 Å². The van der Waals surface area contributed by atoms with Crippen LogP contribution in [-0.4, -0.2) is 61.5 Å². The van der Waals surface area contributed by atoms with E-state index in [1.54, 1.807) is 13.8 Å². The van der Waals surface area contributed by atoms with Crippen molar-refractivity contribution in [1.29, 1.82) is 0 Å². The molecule has 2 unspecified atom stereocenters. The fourth-order valence-electron chi connectivity index (χ4n) is 4.56. The Morgan fingerprint density at radius 2 is 1.79 bits per heavy atom. The van der Waals surface area contributed by atoms with E-state index in [0.717, 1.165) is 12.1 Å². The molecule has 28 heavy (non-hydrogen) atoms. The number of phenolic OH excluding ortho intramolecular Hbond substituents is 2. The third kappa shape index (κ3) is 2.35. The van der Waals surface area contributed by atoms with Crippen molar-refractivity contribution in [3.8, 4) is 11.5 Å². The molecular formula is C20H20O8. The highest BCUT2D eigenvalue weighted by atomic mass is 16.5. The number of benzene rings is 1. The van der Waals surface area contributed by atoms with Gasteiger partial charge in [0.2, 0.25) is 5.78 Å². The van der Waals surface area contributed by atoms with Crippen LogP contribution in [0.25, 0.3) is 0 Å². The Kier molecular flexibility index (Phi) is 3.94. The molecule has 2 aliphatic carbocycles. The van der Waals surface area contributed by atoms with Crippen LogP contribution in [0, 0.1) is 11.8 Å². The molecule has 0 aromatic heterocycles. The lowest BCUT2D eigenvalue weighted by molar-refractivity contribution is -0.124. The van der Waals surface area contributed by atoms with Gasteiger partial charge in [0.15, 0.2) is 11.5 Å². The van der Waals surface area contributed by atoms with Gasteiger partial charge in [-0.05, 0) is 25.5 Å². The number of allylic oxidation sites excluding steroid dienone is 3. The number of aliphatic hydroxyl groups excluding tert-OH is 3. The molecule has 5 N–H and O–H groups in total. The molecule has 0 saturated heterocycles. The second-order valence-corrected chi connectivity index (χ2v) is 7.88. The van der Waals surface area contributed by atoms with E-state index in [-0.39, 0.29) is 33.8 Å². The number of rotatable bonds is 1. The molecule has 1 aliphatic heterocycles. The Morgan fingerprint density at radius 3 is 2.43 bits per heavy atom. The summed E-state index contributed by atoms with van der Waals surface area (Å²) in [6, 6.07) is 2.06. The highest BCUT2D eigenvalue weighted by Gasteiger charge is 2.56. The highest BCUT2D eigenvalue weighted by molar-refractivity contribution is 6.27. The minimum Gasteiger partial charge on any atom is -0.508 e. The van der Waals surface area contributed by atoms with Crippen LogP contribution >= 0.6 is 0 Å². The summed E-state index contributed by atoms with van der Waals surface area (Å²) in [5, 5.41) is 50.3. The summed E-state index contributed by atoms with van der Waals surface area (Å²) in [6.45, 7) is 2.74. The van der Waals surface area contributed by atoms with Gasteiger partial charge in [-0.3, -0.25) is 9.59 Å². The maximum Gasteiger partial charge on any atom is 0.232 e. The molecule has 1 heterocycles. The number of phenols is 2. The molecule has 0 radical (unpaired) electrons. The summed E-state index contributed by atoms with van der Waals surface area (Å²) in [5.74, 6) is -4.03. The fraction of sp³-hybridized carbons (Fsp3) is 0.400. The van der Waals surface area contributed by atoms with Gasteiger partial charge in [0.25, 0.3) is 0 Å². The van der Waals surface area contributed by atoms with Crippen LogP contribution in [0.15, 0.2) is 35.1 Å². The van der Waals surface area contributed by atoms with E-state index < -0.39 is 53.6 Å². The van der Waals surface area contributed by atoms with Crippen molar-refractivity contribution in [1.82, 2.24) is 0 Å². The minimum absolute atomic E-state index is 0.0243. The molecule has 0 spiro atoms. The first-order valence-electron chi connectivity index (χ1n) is 8.84. The number of carbonyl (C=O) groups is 2.